The van der Waals surface area contributed by atoms with Crippen LogP contribution in [0.1, 0.15) is 19.3 Å². The van der Waals surface area contributed by atoms with Crippen LogP contribution in [0.3, 0.4) is 0 Å². The third-order valence-corrected chi connectivity index (χ3v) is 5.27. The van der Waals surface area contributed by atoms with Crippen LogP contribution in [-0.2, 0) is 23.9 Å². The van der Waals surface area contributed by atoms with Gasteiger partial charge in [-0.25, -0.2) is 0 Å². The number of rotatable bonds is 5. The summed E-state index contributed by atoms with van der Waals surface area (Å²) >= 11 is 0. The summed E-state index contributed by atoms with van der Waals surface area (Å²) in [6, 6.07) is 0. The first-order valence-corrected chi connectivity index (χ1v) is 9.08. The summed E-state index contributed by atoms with van der Waals surface area (Å²) < 4.78 is 26.4. The molecule has 1 aliphatic heterocycles. The van der Waals surface area contributed by atoms with E-state index in [0.717, 1.165) is 19.1 Å². The van der Waals surface area contributed by atoms with E-state index in [1.807, 2.05) is 0 Å². The number of allylic oxidation sites excluding steroid dienone is 2. The van der Waals surface area contributed by atoms with E-state index in [1.54, 1.807) is 0 Å². The number of carbonyl (C=O) groups excluding carboxylic acids is 2. The summed E-state index contributed by atoms with van der Waals surface area (Å²) in [5, 5.41) is 0. The molecule has 0 radical (unpaired) electrons. The van der Waals surface area contributed by atoms with Crippen LogP contribution in [0.25, 0.3) is 0 Å². The van der Waals surface area contributed by atoms with Crippen molar-refractivity contribution in [3.05, 3.63) is 12.2 Å². The third-order valence-electron chi connectivity index (χ3n) is 4.67. The van der Waals surface area contributed by atoms with E-state index < -0.39 is 10.1 Å². The molecule has 2 fully saturated rings. The van der Waals surface area contributed by atoms with Crippen molar-refractivity contribution in [2.45, 2.75) is 19.3 Å². The van der Waals surface area contributed by atoms with E-state index in [9.17, 15) is 18.0 Å². The number of amides is 2. The van der Waals surface area contributed by atoms with Gasteiger partial charge in [0.05, 0.1) is 24.7 Å². The van der Waals surface area contributed by atoms with Crippen molar-refractivity contribution in [1.82, 2.24) is 4.90 Å². The first kappa shape index (κ1) is 14.7. The average molecular weight is 313 g/mol. The van der Waals surface area contributed by atoms with Gasteiger partial charge < -0.3 is 0 Å². The lowest BCUT2D eigenvalue weighted by Gasteiger charge is -2.38. The number of nitrogens with zero attached hydrogens (tertiary/aromatic N) is 1. The summed E-state index contributed by atoms with van der Waals surface area (Å²) in [6.45, 7) is 0.232. The van der Waals surface area contributed by atoms with Crippen molar-refractivity contribution in [3.63, 3.8) is 0 Å². The van der Waals surface area contributed by atoms with Crippen LogP contribution in [-0.4, -0.2) is 44.5 Å². The Morgan fingerprint density at radius 1 is 1.14 bits per heavy atom. The van der Waals surface area contributed by atoms with E-state index in [2.05, 4.69) is 16.3 Å². The normalized spacial score (nSPS) is 34.6. The largest absolute Gasteiger partial charge is 0.282 e. The van der Waals surface area contributed by atoms with Gasteiger partial charge in [0.15, 0.2) is 0 Å². The minimum absolute atomic E-state index is 0.00364. The number of fused-ring (bicyclic) bond motifs is 1. The fourth-order valence-electron chi connectivity index (χ4n) is 3.79. The first-order chi connectivity index (χ1) is 9.88. The predicted octanol–water partition coefficient (Wildman–Crippen LogP) is 0.550. The van der Waals surface area contributed by atoms with Crippen molar-refractivity contribution in [2.75, 3.05) is 19.4 Å². The molecular weight excluding hydrogens is 294 g/mol. The molecule has 3 aliphatic carbocycles. The summed E-state index contributed by atoms with van der Waals surface area (Å²) in [5.74, 6) is -0.205. The maximum absolute atomic E-state index is 12.4. The Kier molecular flexibility index (Phi) is 3.65. The standard InChI is InChI=1S/C14H19NO5S/c1-21(18,19)20-8-2-7-15-13(16)11-9-3-4-10(6-5-9)12(11)14(15)17/h3-4,9-12H,2,5-8H2,1H3. The van der Waals surface area contributed by atoms with Crippen LogP contribution < -0.4 is 0 Å². The molecule has 0 aromatic heterocycles. The molecular formula is C14H19NO5S. The Hall–Kier alpha value is -1.21. The zero-order valence-electron chi connectivity index (χ0n) is 11.9. The molecule has 0 aromatic carbocycles. The predicted molar refractivity (Wildman–Crippen MR) is 74.5 cm³/mol. The first-order valence-electron chi connectivity index (χ1n) is 7.26. The van der Waals surface area contributed by atoms with Gasteiger partial charge in [-0.1, -0.05) is 12.2 Å². The van der Waals surface area contributed by atoms with Crippen LogP contribution in [0.15, 0.2) is 12.2 Å². The molecule has 4 unspecified atom stereocenters. The Labute approximate surface area is 124 Å². The van der Waals surface area contributed by atoms with Crippen molar-refractivity contribution in [3.8, 4) is 0 Å². The number of imide groups is 1. The fourth-order valence-corrected chi connectivity index (χ4v) is 4.21. The monoisotopic (exact) mass is 313 g/mol. The van der Waals surface area contributed by atoms with Gasteiger partial charge in [0.2, 0.25) is 11.8 Å². The molecule has 0 N–H and O–H groups in total. The maximum Gasteiger partial charge on any atom is 0.264 e. The molecule has 4 rings (SSSR count). The number of likely N-dealkylation sites (tertiary alicyclic amines) is 1. The molecule has 0 aromatic rings. The molecule has 2 amide bonds. The second-order valence-electron chi connectivity index (χ2n) is 6.05. The molecule has 116 valence electrons. The molecule has 1 saturated heterocycles. The van der Waals surface area contributed by atoms with Crippen LogP contribution >= 0.6 is 0 Å². The van der Waals surface area contributed by atoms with E-state index in [0.29, 0.717) is 6.42 Å². The topological polar surface area (TPSA) is 80.8 Å². The lowest BCUT2D eigenvalue weighted by Crippen LogP contribution is -2.38. The van der Waals surface area contributed by atoms with Crippen LogP contribution in [0.4, 0.5) is 0 Å². The molecule has 7 heteroatoms. The third kappa shape index (κ3) is 2.64. The quantitative estimate of drug-likeness (QED) is 0.320. The second-order valence-corrected chi connectivity index (χ2v) is 7.69. The Morgan fingerprint density at radius 3 is 2.10 bits per heavy atom. The fraction of sp³-hybridized carbons (Fsp3) is 0.714. The SMILES string of the molecule is CS(=O)(=O)OCCCN1C(=O)C2C3C=CC(CC3)C2C1=O. The highest BCUT2D eigenvalue weighted by atomic mass is 32.2. The minimum Gasteiger partial charge on any atom is -0.282 e. The molecule has 4 atom stereocenters. The number of hydrogen-bond acceptors (Lipinski definition) is 5. The van der Waals surface area contributed by atoms with E-state index in [-0.39, 0.29) is 48.6 Å². The number of carbonyl (C=O) groups is 2. The van der Waals surface area contributed by atoms with Gasteiger partial charge in [0.1, 0.15) is 0 Å². The highest BCUT2D eigenvalue weighted by Gasteiger charge is 2.56. The van der Waals surface area contributed by atoms with Gasteiger partial charge in [-0.05, 0) is 31.1 Å². The lowest BCUT2D eigenvalue weighted by molar-refractivity contribution is -0.140. The van der Waals surface area contributed by atoms with Crippen LogP contribution in [0.5, 0.6) is 0 Å². The van der Waals surface area contributed by atoms with Gasteiger partial charge in [0.25, 0.3) is 10.1 Å². The molecule has 0 spiro atoms. The second kappa shape index (κ2) is 5.21. The molecule has 4 aliphatic rings. The Bertz CT molecular complexity index is 564. The molecule has 21 heavy (non-hydrogen) atoms. The van der Waals surface area contributed by atoms with Crippen molar-refractivity contribution in [2.24, 2.45) is 23.7 Å². The highest BCUT2D eigenvalue weighted by molar-refractivity contribution is 7.85. The van der Waals surface area contributed by atoms with Gasteiger partial charge in [-0.3, -0.25) is 18.7 Å². The Balaban J connectivity index is 1.63. The zero-order chi connectivity index (χ0) is 15.2. The highest BCUT2D eigenvalue weighted by Crippen LogP contribution is 2.49. The van der Waals surface area contributed by atoms with E-state index >= 15 is 0 Å². The molecule has 1 heterocycles. The Morgan fingerprint density at radius 2 is 1.67 bits per heavy atom. The molecule has 6 nitrogen and oxygen atoms in total. The van der Waals surface area contributed by atoms with Crippen molar-refractivity contribution >= 4 is 21.9 Å². The summed E-state index contributed by atoms with van der Waals surface area (Å²) in [5.41, 5.74) is 0. The van der Waals surface area contributed by atoms with Crippen LogP contribution in [0.2, 0.25) is 0 Å². The minimum atomic E-state index is -3.47. The van der Waals surface area contributed by atoms with Gasteiger partial charge >= 0.3 is 0 Å². The van der Waals surface area contributed by atoms with Gasteiger partial charge in [-0.2, -0.15) is 8.42 Å². The summed E-state index contributed by atoms with van der Waals surface area (Å²) in [7, 11) is -3.47. The molecule has 2 bridgehead atoms. The smallest absolute Gasteiger partial charge is 0.264 e. The van der Waals surface area contributed by atoms with Crippen molar-refractivity contribution in [1.29, 1.82) is 0 Å². The number of hydrogen-bond donors (Lipinski definition) is 0. The average Bonchev–Trinajstić information content (AvgIpc) is 2.70. The maximum atomic E-state index is 12.4. The van der Waals surface area contributed by atoms with Crippen LogP contribution in [0, 0.1) is 23.7 Å². The van der Waals surface area contributed by atoms with E-state index in [1.165, 1.54) is 4.90 Å². The summed E-state index contributed by atoms with van der Waals surface area (Å²) in [4.78, 5) is 26.2. The van der Waals surface area contributed by atoms with Crippen molar-refractivity contribution < 1.29 is 22.2 Å². The lowest BCUT2D eigenvalue weighted by atomic mass is 9.63. The molecule has 1 saturated carbocycles. The van der Waals surface area contributed by atoms with Gasteiger partial charge in [-0.15, -0.1) is 0 Å². The zero-order valence-corrected chi connectivity index (χ0v) is 12.7. The summed E-state index contributed by atoms with van der Waals surface area (Å²) in [6.07, 6.45) is 7.44. The van der Waals surface area contributed by atoms with E-state index in [4.69, 9.17) is 0 Å². The van der Waals surface area contributed by atoms with Gasteiger partial charge in [0, 0.05) is 6.54 Å².